The first kappa shape index (κ1) is 29.6. The van der Waals surface area contributed by atoms with Crippen LogP contribution in [-0.4, -0.2) is 64.1 Å². The van der Waals surface area contributed by atoms with Crippen molar-refractivity contribution in [1.82, 2.24) is 19.7 Å². The summed E-state index contributed by atoms with van der Waals surface area (Å²) >= 11 is 1.57. The molecular weight excluding hydrogens is 542 g/mol. The predicted molar refractivity (Wildman–Crippen MR) is 159 cm³/mol. The Kier molecular flexibility index (Phi) is 10.3. The molecular formula is C30H33N5O5S. The summed E-state index contributed by atoms with van der Waals surface area (Å²) in [4.78, 5) is 25.1. The van der Waals surface area contributed by atoms with Gasteiger partial charge in [-0.15, -0.1) is 10.2 Å². The number of hydrogen-bond acceptors (Lipinski definition) is 8. The molecule has 4 rings (SSSR count). The summed E-state index contributed by atoms with van der Waals surface area (Å²) in [5, 5.41) is 20.6. The third-order valence-electron chi connectivity index (χ3n) is 6.61. The van der Waals surface area contributed by atoms with Gasteiger partial charge in [0.2, 0.25) is 5.91 Å². The van der Waals surface area contributed by atoms with Crippen LogP contribution >= 0.6 is 11.8 Å². The maximum atomic E-state index is 12.7. The fourth-order valence-electron chi connectivity index (χ4n) is 4.28. The Bertz CT molecular complexity index is 1460. The number of amides is 1. The number of carbonyl (C=O) groups excluding carboxylic acids is 1. The van der Waals surface area contributed by atoms with Crippen molar-refractivity contribution in [3.63, 3.8) is 0 Å². The van der Waals surface area contributed by atoms with Gasteiger partial charge in [-0.2, -0.15) is 0 Å². The summed E-state index contributed by atoms with van der Waals surface area (Å²) in [6, 6.07) is 21.9. The summed E-state index contributed by atoms with van der Waals surface area (Å²) in [5.74, 6) is 2.86. The third kappa shape index (κ3) is 7.63. The third-order valence-corrected chi connectivity index (χ3v) is 7.63. The largest absolute Gasteiger partial charge is 0.493 e. The fraction of sp³-hybridized carbons (Fsp3) is 0.300. The van der Waals surface area contributed by atoms with Crippen LogP contribution in [0.1, 0.15) is 24.8 Å². The topological polar surface area (TPSA) is 113 Å². The highest BCUT2D eigenvalue weighted by Gasteiger charge is 2.17. The highest BCUT2D eigenvalue weighted by molar-refractivity contribution is 7.99. The molecule has 0 radical (unpaired) electrons. The van der Waals surface area contributed by atoms with Crippen LogP contribution in [0.15, 0.2) is 78.0 Å². The van der Waals surface area contributed by atoms with Crippen molar-refractivity contribution in [3.8, 4) is 28.6 Å². The van der Waals surface area contributed by atoms with Crippen LogP contribution in [0.4, 0.5) is 5.69 Å². The normalized spacial score (nSPS) is 10.8. The second kappa shape index (κ2) is 14.3. The Hall–Kier alpha value is -4.38. The molecule has 10 nitrogen and oxygen atoms in total. The number of nitro benzene ring substituents is 1. The lowest BCUT2D eigenvalue weighted by atomic mass is 10.1. The molecule has 0 spiro atoms. The summed E-state index contributed by atoms with van der Waals surface area (Å²) < 4.78 is 12.6. The van der Waals surface area contributed by atoms with Crippen molar-refractivity contribution in [2.24, 2.45) is 0 Å². The predicted octanol–water partition coefficient (Wildman–Crippen LogP) is 5.82. The van der Waals surface area contributed by atoms with Gasteiger partial charge in [-0.05, 0) is 61.2 Å². The minimum absolute atomic E-state index is 0.0234. The zero-order valence-corrected chi connectivity index (χ0v) is 24.2. The van der Waals surface area contributed by atoms with Crippen molar-refractivity contribution in [2.75, 3.05) is 33.6 Å². The molecule has 0 saturated carbocycles. The fourth-order valence-corrected chi connectivity index (χ4v) is 5.23. The number of thioether (sulfide) groups is 1. The number of nitrogens with zero attached hydrogens (tertiary/aromatic N) is 5. The molecule has 0 aliphatic heterocycles. The molecule has 1 aromatic heterocycles. The van der Waals surface area contributed by atoms with Crippen LogP contribution in [-0.2, 0) is 11.2 Å². The number of non-ortho nitro benzene ring substituents is 1. The highest BCUT2D eigenvalue weighted by Crippen LogP contribution is 2.30. The molecule has 3 aromatic carbocycles. The van der Waals surface area contributed by atoms with E-state index >= 15 is 0 Å². The number of methoxy groups -OCH3 is 2. The number of aromatic nitrogens is 3. The van der Waals surface area contributed by atoms with Crippen LogP contribution in [0.5, 0.6) is 11.5 Å². The number of para-hydroxylation sites is 1. The molecule has 214 valence electrons. The standard InChI is InChI=1S/C30H33N5O5S/c1-33(19-18-22-12-17-26(39-2)27(21-22)40-3)28(36)11-7-8-20-41-30-32-31-29(34(30)24-9-5-4-6-10-24)23-13-15-25(16-14-23)35(37)38/h4-6,9-10,12-17,21H,7-8,11,18-20H2,1-3H3. The lowest BCUT2D eigenvalue weighted by Crippen LogP contribution is -2.28. The maximum absolute atomic E-state index is 12.7. The molecule has 1 heterocycles. The Balaban J connectivity index is 1.30. The van der Waals surface area contributed by atoms with E-state index in [4.69, 9.17) is 9.47 Å². The molecule has 4 aromatic rings. The summed E-state index contributed by atoms with van der Waals surface area (Å²) in [7, 11) is 5.05. The molecule has 0 saturated heterocycles. The van der Waals surface area contributed by atoms with Crippen molar-refractivity contribution in [3.05, 3.63) is 88.5 Å². The quantitative estimate of drug-likeness (QED) is 0.0800. The van der Waals surface area contributed by atoms with E-state index in [0.29, 0.717) is 30.3 Å². The van der Waals surface area contributed by atoms with E-state index in [2.05, 4.69) is 10.2 Å². The van der Waals surface area contributed by atoms with E-state index in [9.17, 15) is 14.9 Å². The Morgan fingerprint density at radius 1 is 0.976 bits per heavy atom. The van der Waals surface area contributed by atoms with Gasteiger partial charge in [0.25, 0.3) is 5.69 Å². The second-order valence-corrected chi connectivity index (χ2v) is 10.4. The maximum Gasteiger partial charge on any atom is 0.269 e. The van der Waals surface area contributed by atoms with Crippen molar-refractivity contribution >= 4 is 23.4 Å². The van der Waals surface area contributed by atoms with Crippen molar-refractivity contribution in [1.29, 1.82) is 0 Å². The number of likely N-dealkylation sites (N-methyl/N-ethyl adjacent to an activating group) is 1. The lowest BCUT2D eigenvalue weighted by Gasteiger charge is -2.17. The minimum atomic E-state index is -0.423. The van der Waals surface area contributed by atoms with E-state index in [1.807, 2.05) is 60.1 Å². The van der Waals surface area contributed by atoms with Gasteiger partial charge < -0.3 is 14.4 Å². The molecule has 41 heavy (non-hydrogen) atoms. The molecule has 0 aliphatic carbocycles. The van der Waals surface area contributed by atoms with Gasteiger partial charge >= 0.3 is 0 Å². The van der Waals surface area contributed by atoms with Crippen LogP contribution in [0.2, 0.25) is 0 Å². The zero-order chi connectivity index (χ0) is 29.2. The number of benzene rings is 3. The summed E-state index contributed by atoms with van der Waals surface area (Å²) in [6.45, 7) is 0.620. The Morgan fingerprint density at radius 3 is 2.39 bits per heavy atom. The van der Waals surface area contributed by atoms with Crippen molar-refractivity contribution < 1.29 is 19.2 Å². The van der Waals surface area contributed by atoms with Gasteiger partial charge in [0.15, 0.2) is 22.5 Å². The smallest absolute Gasteiger partial charge is 0.269 e. The van der Waals surface area contributed by atoms with E-state index in [1.165, 1.54) is 12.1 Å². The van der Waals surface area contributed by atoms with Crippen LogP contribution in [0, 0.1) is 10.1 Å². The number of ether oxygens (including phenoxy) is 2. The van der Waals surface area contributed by atoms with Gasteiger partial charge in [0.1, 0.15) is 0 Å². The number of rotatable bonds is 14. The first-order chi connectivity index (χ1) is 19.9. The molecule has 0 bridgehead atoms. The van der Waals surface area contributed by atoms with Gasteiger partial charge in [0.05, 0.1) is 19.1 Å². The van der Waals surface area contributed by atoms with E-state index in [0.717, 1.165) is 47.0 Å². The summed E-state index contributed by atoms with van der Waals surface area (Å²) in [5.41, 5.74) is 2.74. The lowest BCUT2D eigenvalue weighted by molar-refractivity contribution is -0.384. The molecule has 0 N–H and O–H groups in total. The Morgan fingerprint density at radius 2 is 1.71 bits per heavy atom. The van der Waals surface area contributed by atoms with Crippen LogP contribution in [0.25, 0.3) is 17.1 Å². The van der Waals surface area contributed by atoms with E-state index in [1.54, 1.807) is 43.0 Å². The molecule has 0 unspecified atom stereocenters. The van der Waals surface area contributed by atoms with Gasteiger partial charge in [-0.25, -0.2) is 0 Å². The summed E-state index contributed by atoms with van der Waals surface area (Å²) in [6.07, 6.45) is 2.81. The first-order valence-corrected chi connectivity index (χ1v) is 14.2. The minimum Gasteiger partial charge on any atom is -0.493 e. The molecule has 0 atom stereocenters. The van der Waals surface area contributed by atoms with Crippen LogP contribution in [0.3, 0.4) is 0 Å². The van der Waals surface area contributed by atoms with Crippen LogP contribution < -0.4 is 9.47 Å². The van der Waals surface area contributed by atoms with E-state index < -0.39 is 4.92 Å². The number of hydrogen-bond donors (Lipinski definition) is 0. The second-order valence-electron chi connectivity index (χ2n) is 9.34. The van der Waals surface area contributed by atoms with Gasteiger partial charge in [0, 0.05) is 49.1 Å². The highest BCUT2D eigenvalue weighted by atomic mass is 32.2. The van der Waals surface area contributed by atoms with Gasteiger partial charge in [-0.3, -0.25) is 19.5 Å². The zero-order valence-electron chi connectivity index (χ0n) is 23.4. The molecule has 11 heteroatoms. The average molecular weight is 576 g/mol. The SMILES string of the molecule is COc1ccc(CCN(C)C(=O)CCCCSc2nnc(-c3ccc([N+](=O)[O-])cc3)n2-c2ccccc2)cc1OC. The average Bonchev–Trinajstić information content (AvgIpc) is 3.43. The number of carbonyl (C=O) groups is 1. The first-order valence-electron chi connectivity index (χ1n) is 13.2. The van der Waals surface area contributed by atoms with E-state index in [-0.39, 0.29) is 11.6 Å². The molecule has 1 amide bonds. The molecule has 0 aliphatic rings. The Labute approximate surface area is 243 Å². The van der Waals surface area contributed by atoms with Gasteiger partial charge in [-0.1, -0.05) is 36.0 Å². The number of nitro groups is 1. The monoisotopic (exact) mass is 575 g/mol. The number of unbranched alkanes of at least 4 members (excludes halogenated alkanes) is 1. The molecule has 0 fully saturated rings. The van der Waals surface area contributed by atoms with Crippen molar-refractivity contribution in [2.45, 2.75) is 30.8 Å².